The Morgan fingerprint density at radius 3 is 3.05 bits per heavy atom. The topological polar surface area (TPSA) is 54.9 Å². The number of hydrogen-bond acceptors (Lipinski definition) is 5. The fourth-order valence-corrected chi connectivity index (χ4v) is 2.98. The minimum absolute atomic E-state index is 0.262. The smallest absolute Gasteiger partial charge is 0.257 e. The summed E-state index contributed by atoms with van der Waals surface area (Å²) in [5.41, 5.74) is 0.262. The summed E-state index contributed by atoms with van der Waals surface area (Å²) in [5.74, 6) is 0.138. The SMILES string of the molecule is CCCSc1nnc(NC(=O)c2cccc(F)c2)s1. The molecule has 0 atom stereocenters. The van der Waals surface area contributed by atoms with Crippen LogP contribution >= 0.6 is 23.1 Å². The highest BCUT2D eigenvalue weighted by Gasteiger charge is 2.10. The molecule has 1 aromatic heterocycles. The van der Waals surface area contributed by atoms with E-state index in [1.807, 2.05) is 0 Å². The predicted octanol–water partition coefficient (Wildman–Crippen LogP) is 3.43. The molecule has 19 heavy (non-hydrogen) atoms. The zero-order valence-electron chi connectivity index (χ0n) is 10.2. The van der Waals surface area contributed by atoms with Crippen molar-refractivity contribution >= 4 is 34.1 Å². The van der Waals surface area contributed by atoms with Crippen molar-refractivity contribution in [1.29, 1.82) is 0 Å². The molecule has 2 rings (SSSR count). The van der Waals surface area contributed by atoms with Crippen LogP contribution in [-0.4, -0.2) is 21.9 Å². The van der Waals surface area contributed by atoms with Crippen molar-refractivity contribution in [3.63, 3.8) is 0 Å². The first-order valence-electron chi connectivity index (χ1n) is 5.72. The number of nitrogens with one attached hydrogen (secondary N) is 1. The van der Waals surface area contributed by atoms with E-state index >= 15 is 0 Å². The highest BCUT2D eigenvalue weighted by molar-refractivity contribution is 8.01. The molecule has 0 bridgehead atoms. The zero-order chi connectivity index (χ0) is 13.7. The first kappa shape index (κ1) is 14.0. The number of aromatic nitrogens is 2. The Morgan fingerprint density at radius 1 is 1.47 bits per heavy atom. The molecular formula is C12H12FN3OS2. The molecule has 0 aliphatic carbocycles. The van der Waals surface area contributed by atoms with Gasteiger partial charge in [-0.1, -0.05) is 36.1 Å². The van der Waals surface area contributed by atoms with Crippen LogP contribution in [0.2, 0.25) is 0 Å². The summed E-state index contributed by atoms with van der Waals surface area (Å²) in [5, 5.41) is 10.9. The van der Waals surface area contributed by atoms with Crippen LogP contribution in [0, 0.1) is 5.82 Å². The summed E-state index contributed by atoms with van der Waals surface area (Å²) in [7, 11) is 0. The Balaban J connectivity index is 2.00. The first-order chi connectivity index (χ1) is 9.19. The minimum atomic E-state index is -0.441. The Morgan fingerprint density at radius 2 is 2.32 bits per heavy atom. The van der Waals surface area contributed by atoms with E-state index in [-0.39, 0.29) is 11.5 Å². The molecule has 0 aliphatic rings. The van der Waals surface area contributed by atoms with Crippen LogP contribution in [-0.2, 0) is 0 Å². The van der Waals surface area contributed by atoms with E-state index in [1.165, 1.54) is 29.5 Å². The van der Waals surface area contributed by atoms with E-state index in [4.69, 9.17) is 0 Å². The Kier molecular flexibility index (Phi) is 4.86. The molecule has 0 spiro atoms. The molecule has 0 saturated carbocycles. The van der Waals surface area contributed by atoms with Crippen molar-refractivity contribution in [2.45, 2.75) is 17.7 Å². The highest BCUT2D eigenvalue weighted by Crippen LogP contribution is 2.26. The van der Waals surface area contributed by atoms with Crippen LogP contribution < -0.4 is 5.32 Å². The monoisotopic (exact) mass is 297 g/mol. The Labute approximate surface area is 118 Å². The van der Waals surface area contributed by atoms with E-state index < -0.39 is 5.82 Å². The molecule has 1 N–H and O–H groups in total. The van der Waals surface area contributed by atoms with Crippen LogP contribution in [0.4, 0.5) is 9.52 Å². The number of nitrogens with zero attached hydrogens (tertiary/aromatic N) is 2. The largest absolute Gasteiger partial charge is 0.296 e. The van der Waals surface area contributed by atoms with Gasteiger partial charge in [0.1, 0.15) is 5.82 Å². The zero-order valence-corrected chi connectivity index (χ0v) is 11.9. The van der Waals surface area contributed by atoms with Gasteiger partial charge in [0, 0.05) is 11.3 Å². The first-order valence-corrected chi connectivity index (χ1v) is 7.52. The van der Waals surface area contributed by atoms with Crippen molar-refractivity contribution in [1.82, 2.24) is 10.2 Å². The standard InChI is InChI=1S/C12H12FN3OS2/c1-2-6-18-12-16-15-11(19-12)14-10(17)8-4-3-5-9(13)7-8/h3-5,7H,2,6H2,1H3,(H,14,15,17). The van der Waals surface area contributed by atoms with Crippen molar-refractivity contribution in [2.24, 2.45) is 0 Å². The molecule has 0 radical (unpaired) electrons. The van der Waals surface area contributed by atoms with Gasteiger partial charge in [0.05, 0.1) is 0 Å². The molecule has 1 aromatic carbocycles. The maximum atomic E-state index is 13.0. The fraction of sp³-hybridized carbons (Fsp3) is 0.250. The molecule has 1 heterocycles. The third kappa shape index (κ3) is 4.00. The van der Waals surface area contributed by atoms with Crippen molar-refractivity contribution < 1.29 is 9.18 Å². The summed E-state index contributed by atoms with van der Waals surface area (Å²) in [4.78, 5) is 11.8. The molecule has 2 aromatic rings. The van der Waals surface area contributed by atoms with Crippen LogP contribution in [0.15, 0.2) is 28.6 Å². The van der Waals surface area contributed by atoms with Crippen LogP contribution in [0.3, 0.4) is 0 Å². The maximum Gasteiger partial charge on any atom is 0.257 e. The lowest BCUT2D eigenvalue weighted by molar-refractivity contribution is 0.102. The second-order valence-electron chi connectivity index (χ2n) is 3.69. The van der Waals surface area contributed by atoms with Gasteiger partial charge in [-0.3, -0.25) is 10.1 Å². The van der Waals surface area contributed by atoms with Crippen LogP contribution in [0.1, 0.15) is 23.7 Å². The average Bonchev–Trinajstić information content (AvgIpc) is 2.84. The van der Waals surface area contributed by atoms with Crippen LogP contribution in [0.5, 0.6) is 0 Å². The second-order valence-corrected chi connectivity index (χ2v) is 6.01. The molecule has 0 unspecified atom stereocenters. The maximum absolute atomic E-state index is 13.0. The van der Waals surface area contributed by atoms with Gasteiger partial charge in [-0.2, -0.15) is 0 Å². The number of thioether (sulfide) groups is 1. The molecule has 1 amide bonds. The van der Waals surface area contributed by atoms with Crippen molar-refractivity contribution in [2.75, 3.05) is 11.1 Å². The molecule has 0 saturated heterocycles. The Hall–Kier alpha value is -1.47. The number of carbonyl (C=O) groups is 1. The number of amides is 1. The van der Waals surface area contributed by atoms with Gasteiger partial charge in [-0.15, -0.1) is 10.2 Å². The number of rotatable bonds is 5. The number of anilines is 1. The summed E-state index contributed by atoms with van der Waals surface area (Å²) in [6.45, 7) is 2.08. The molecule has 0 fully saturated rings. The summed E-state index contributed by atoms with van der Waals surface area (Å²) >= 11 is 2.92. The second kappa shape index (κ2) is 6.63. The van der Waals surface area contributed by atoms with Gasteiger partial charge in [0.25, 0.3) is 5.91 Å². The van der Waals surface area contributed by atoms with E-state index in [0.717, 1.165) is 16.5 Å². The summed E-state index contributed by atoms with van der Waals surface area (Å²) in [6.07, 6.45) is 1.05. The van der Waals surface area contributed by atoms with Gasteiger partial charge in [0.15, 0.2) is 4.34 Å². The van der Waals surface area contributed by atoms with Gasteiger partial charge >= 0.3 is 0 Å². The molecule has 4 nitrogen and oxygen atoms in total. The van der Waals surface area contributed by atoms with Crippen LogP contribution in [0.25, 0.3) is 0 Å². The van der Waals surface area contributed by atoms with Gasteiger partial charge in [-0.25, -0.2) is 4.39 Å². The number of benzene rings is 1. The molecule has 0 aliphatic heterocycles. The van der Waals surface area contributed by atoms with Crippen molar-refractivity contribution in [3.8, 4) is 0 Å². The van der Waals surface area contributed by atoms with E-state index in [2.05, 4.69) is 22.4 Å². The predicted molar refractivity (Wildman–Crippen MR) is 75.3 cm³/mol. The number of hydrogen-bond donors (Lipinski definition) is 1. The lowest BCUT2D eigenvalue weighted by Crippen LogP contribution is -2.11. The quantitative estimate of drug-likeness (QED) is 0.678. The fourth-order valence-electron chi connectivity index (χ4n) is 1.31. The normalized spacial score (nSPS) is 10.4. The molecule has 7 heteroatoms. The number of halogens is 1. The van der Waals surface area contributed by atoms with Gasteiger partial charge in [-0.05, 0) is 24.6 Å². The van der Waals surface area contributed by atoms with Crippen molar-refractivity contribution in [3.05, 3.63) is 35.6 Å². The minimum Gasteiger partial charge on any atom is -0.296 e. The van der Waals surface area contributed by atoms with E-state index in [9.17, 15) is 9.18 Å². The lowest BCUT2D eigenvalue weighted by atomic mass is 10.2. The lowest BCUT2D eigenvalue weighted by Gasteiger charge is -2.00. The third-order valence-corrected chi connectivity index (χ3v) is 4.32. The summed E-state index contributed by atoms with van der Waals surface area (Å²) in [6, 6.07) is 5.52. The average molecular weight is 297 g/mol. The van der Waals surface area contributed by atoms with E-state index in [1.54, 1.807) is 17.8 Å². The molecular weight excluding hydrogens is 285 g/mol. The highest BCUT2D eigenvalue weighted by atomic mass is 32.2. The van der Waals surface area contributed by atoms with Gasteiger partial charge < -0.3 is 0 Å². The van der Waals surface area contributed by atoms with Gasteiger partial charge in [0.2, 0.25) is 5.13 Å². The molecule has 100 valence electrons. The third-order valence-electron chi connectivity index (χ3n) is 2.14. The van der Waals surface area contributed by atoms with E-state index in [0.29, 0.717) is 5.13 Å². The summed E-state index contributed by atoms with van der Waals surface area (Å²) < 4.78 is 13.8. The number of carbonyl (C=O) groups excluding carboxylic acids is 1. The Bertz CT molecular complexity index is 574.